The van der Waals surface area contributed by atoms with Crippen LogP contribution in [0.2, 0.25) is 0 Å². The number of aromatic nitrogens is 2. The maximum Gasteiger partial charge on any atom is 0.247 e. The summed E-state index contributed by atoms with van der Waals surface area (Å²) in [6.45, 7) is 6.99. The summed E-state index contributed by atoms with van der Waals surface area (Å²) in [6.07, 6.45) is 5.07. The van der Waals surface area contributed by atoms with Crippen molar-refractivity contribution in [2.75, 3.05) is 69.5 Å². The van der Waals surface area contributed by atoms with Gasteiger partial charge in [-0.2, -0.15) is 0 Å². The highest BCUT2D eigenvalue weighted by Gasteiger charge is 2.19. The van der Waals surface area contributed by atoms with Crippen LogP contribution >= 0.6 is 0 Å². The van der Waals surface area contributed by atoms with E-state index in [1.165, 1.54) is 6.08 Å². The molecular weight excluding hydrogens is 530 g/mol. The molecule has 1 aromatic heterocycles. The van der Waals surface area contributed by atoms with Gasteiger partial charge in [-0.1, -0.05) is 6.58 Å². The second-order valence-electron chi connectivity index (χ2n) is 10.8. The lowest BCUT2D eigenvalue weighted by Gasteiger charge is -2.32. The fourth-order valence-corrected chi connectivity index (χ4v) is 4.92. The average molecular weight is 572 g/mol. The number of ketones is 1. The molecule has 1 aliphatic heterocycles. The van der Waals surface area contributed by atoms with Crippen molar-refractivity contribution >= 4 is 28.8 Å². The summed E-state index contributed by atoms with van der Waals surface area (Å²) in [5.74, 6) is 0.616. The largest absolute Gasteiger partial charge is 0.496 e. The first-order valence-corrected chi connectivity index (χ1v) is 14.2. The third-order valence-corrected chi connectivity index (χ3v) is 7.46. The molecule has 1 aliphatic rings. The third kappa shape index (κ3) is 7.71. The van der Waals surface area contributed by atoms with Crippen LogP contribution in [-0.4, -0.2) is 87.0 Å². The predicted octanol–water partition coefficient (Wildman–Crippen LogP) is 3.36. The normalized spacial score (nSPS) is 13.6. The lowest BCUT2D eigenvalue weighted by molar-refractivity contribution is -0.111. The first kappa shape index (κ1) is 30.7. The Bertz CT molecular complexity index is 1400. The molecular formula is C32H41N7O3. The van der Waals surface area contributed by atoms with Gasteiger partial charge in [-0.05, 0) is 69.4 Å². The summed E-state index contributed by atoms with van der Waals surface area (Å²) in [5, 5.41) is 2.92. The molecule has 1 fully saturated rings. The van der Waals surface area contributed by atoms with Crippen molar-refractivity contribution in [2.24, 2.45) is 5.73 Å². The molecule has 42 heavy (non-hydrogen) atoms. The van der Waals surface area contributed by atoms with Gasteiger partial charge >= 0.3 is 0 Å². The van der Waals surface area contributed by atoms with E-state index in [2.05, 4.69) is 36.6 Å². The number of methoxy groups -OCH3 is 1. The van der Waals surface area contributed by atoms with Gasteiger partial charge in [0.05, 0.1) is 18.5 Å². The minimum atomic E-state index is -0.313. The standard InChI is InChI=1S/C32H41N7O3/c1-6-31(40)36-27-19-23(29(42-5)21-28(27)38(4)18-17-37(2)3)20-30-34-14-11-26(35-30)32(41)22-7-9-25(10-8-22)39-15-12-24(33)13-16-39/h6-11,14,19,21,24H,1,12-13,15-18,20,33H2,2-5H3,(H,36,40). The zero-order valence-electron chi connectivity index (χ0n) is 25.0. The molecule has 0 bridgehead atoms. The highest BCUT2D eigenvalue weighted by Crippen LogP contribution is 2.34. The molecule has 1 amide bonds. The maximum absolute atomic E-state index is 13.3. The number of nitrogens with one attached hydrogen (secondary N) is 1. The summed E-state index contributed by atoms with van der Waals surface area (Å²) < 4.78 is 5.73. The Hall–Kier alpha value is -4.28. The van der Waals surface area contributed by atoms with Crippen molar-refractivity contribution in [3.63, 3.8) is 0 Å². The fraction of sp³-hybridized carbons (Fsp3) is 0.375. The van der Waals surface area contributed by atoms with E-state index in [-0.39, 0.29) is 17.7 Å². The summed E-state index contributed by atoms with van der Waals surface area (Å²) in [5.41, 5.74) is 10.2. The van der Waals surface area contributed by atoms with Crippen LogP contribution in [0.25, 0.3) is 0 Å². The number of amides is 1. The molecule has 2 heterocycles. The van der Waals surface area contributed by atoms with Gasteiger partial charge in [-0.15, -0.1) is 0 Å². The number of ether oxygens (including phenoxy) is 1. The quantitative estimate of drug-likeness (QED) is 0.249. The van der Waals surface area contributed by atoms with Crippen LogP contribution < -0.4 is 25.6 Å². The number of hydrogen-bond acceptors (Lipinski definition) is 9. The SMILES string of the molecule is C=CC(=O)Nc1cc(Cc2nccc(C(=O)c3ccc(N4CCC(N)CC4)cc3)n2)c(OC)cc1N(C)CCN(C)C. The Labute approximate surface area is 248 Å². The molecule has 10 heteroatoms. The number of anilines is 3. The molecule has 0 aliphatic carbocycles. The zero-order valence-corrected chi connectivity index (χ0v) is 25.0. The van der Waals surface area contributed by atoms with Gasteiger partial charge in [0.2, 0.25) is 11.7 Å². The van der Waals surface area contributed by atoms with Crippen LogP contribution in [-0.2, 0) is 11.2 Å². The van der Waals surface area contributed by atoms with Crippen molar-refractivity contribution in [1.29, 1.82) is 0 Å². The van der Waals surface area contributed by atoms with Gasteiger partial charge < -0.3 is 30.5 Å². The first-order valence-electron chi connectivity index (χ1n) is 14.2. The van der Waals surface area contributed by atoms with Crippen molar-refractivity contribution in [3.8, 4) is 5.75 Å². The van der Waals surface area contributed by atoms with Gasteiger partial charge in [0, 0.05) is 74.8 Å². The third-order valence-electron chi connectivity index (χ3n) is 7.46. The first-order chi connectivity index (χ1) is 20.2. The molecule has 3 aromatic rings. The van der Waals surface area contributed by atoms with E-state index in [9.17, 15) is 9.59 Å². The molecule has 10 nitrogen and oxygen atoms in total. The second kappa shape index (κ2) is 14.1. The predicted molar refractivity (Wildman–Crippen MR) is 168 cm³/mol. The molecule has 1 saturated heterocycles. The number of rotatable bonds is 12. The van der Waals surface area contributed by atoms with Crippen LogP contribution in [0.15, 0.2) is 61.3 Å². The highest BCUT2D eigenvalue weighted by atomic mass is 16.5. The fourth-order valence-electron chi connectivity index (χ4n) is 4.92. The smallest absolute Gasteiger partial charge is 0.247 e. The van der Waals surface area contributed by atoms with E-state index in [1.807, 2.05) is 57.5 Å². The molecule has 0 spiro atoms. The van der Waals surface area contributed by atoms with Crippen LogP contribution in [0.4, 0.5) is 17.1 Å². The maximum atomic E-state index is 13.3. The number of nitrogens with two attached hydrogens (primary N) is 1. The minimum absolute atomic E-state index is 0.172. The van der Waals surface area contributed by atoms with Gasteiger partial charge in [0.25, 0.3) is 0 Å². The van der Waals surface area contributed by atoms with E-state index in [0.29, 0.717) is 34.9 Å². The van der Waals surface area contributed by atoms with Crippen LogP contribution in [0.3, 0.4) is 0 Å². The Morgan fingerprint density at radius 3 is 2.48 bits per heavy atom. The number of likely N-dealkylation sites (N-methyl/N-ethyl adjacent to an activating group) is 2. The van der Waals surface area contributed by atoms with Gasteiger partial charge in [0.1, 0.15) is 17.3 Å². The van der Waals surface area contributed by atoms with Crippen molar-refractivity contribution in [3.05, 3.63) is 84.0 Å². The topological polar surface area (TPSA) is 117 Å². The summed E-state index contributed by atoms with van der Waals surface area (Å²) in [4.78, 5) is 41.1. The summed E-state index contributed by atoms with van der Waals surface area (Å²) in [7, 11) is 7.59. The van der Waals surface area contributed by atoms with E-state index < -0.39 is 0 Å². The molecule has 4 rings (SSSR count). The molecule has 0 saturated carbocycles. The van der Waals surface area contributed by atoms with Crippen LogP contribution in [0.1, 0.15) is 40.3 Å². The van der Waals surface area contributed by atoms with E-state index in [0.717, 1.165) is 56.0 Å². The molecule has 222 valence electrons. The van der Waals surface area contributed by atoms with Crippen LogP contribution in [0.5, 0.6) is 5.75 Å². The van der Waals surface area contributed by atoms with Gasteiger partial charge in [0.15, 0.2) is 0 Å². The Morgan fingerprint density at radius 1 is 1.12 bits per heavy atom. The molecule has 0 atom stereocenters. The summed E-state index contributed by atoms with van der Waals surface area (Å²) in [6, 6.07) is 13.3. The number of carbonyl (C=O) groups excluding carboxylic acids is 2. The molecule has 0 radical (unpaired) electrons. The highest BCUT2D eigenvalue weighted by molar-refractivity contribution is 6.07. The second-order valence-corrected chi connectivity index (χ2v) is 10.8. The Morgan fingerprint density at radius 2 is 1.83 bits per heavy atom. The lowest BCUT2D eigenvalue weighted by Crippen LogP contribution is -2.39. The molecule has 2 aromatic carbocycles. The van der Waals surface area contributed by atoms with Crippen molar-refractivity contribution < 1.29 is 14.3 Å². The number of nitrogens with zero attached hydrogens (tertiary/aromatic N) is 5. The van der Waals surface area contributed by atoms with Crippen molar-refractivity contribution in [2.45, 2.75) is 25.3 Å². The molecule has 3 N–H and O–H groups in total. The molecule has 0 unspecified atom stereocenters. The summed E-state index contributed by atoms with van der Waals surface area (Å²) >= 11 is 0. The Balaban J connectivity index is 1.56. The zero-order chi connectivity index (χ0) is 30.2. The van der Waals surface area contributed by atoms with Gasteiger partial charge in [-0.3, -0.25) is 9.59 Å². The monoisotopic (exact) mass is 571 g/mol. The van der Waals surface area contributed by atoms with Crippen molar-refractivity contribution in [1.82, 2.24) is 14.9 Å². The minimum Gasteiger partial charge on any atom is -0.496 e. The number of benzene rings is 2. The van der Waals surface area contributed by atoms with E-state index in [1.54, 1.807) is 19.4 Å². The van der Waals surface area contributed by atoms with E-state index in [4.69, 9.17) is 10.5 Å². The van der Waals surface area contributed by atoms with Crippen LogP contribution in [0, 0.1) is 0 Å². The number of carbonyl (C=O) groups is 2. The Kier molecular flexibility index (Phi) is 10.3. The van der Waals surface area contributed by atoms with E-state index >= 15 is 0 Å². The van der Waals surface area contributed by atoms with Gasteiger partial charge in [-0.25, -0.2) is 9.97 Å². The lowest BCUT2D eigenvalue weighted by atomic mass is 10.0. The average Bonchev–Trinajstić information content (AvgIpc) is 3.00. The number of piperidine rings is 1. The number of hydrogen-bond donors (Lipinski definition) is 2.